The van der Waals surface area contributed by atoms with Crippen LogP contribution in [0.15, 0.2) is 77.5 Å². The largest absolute Gasteiger partial charge is 0.494 e. The van der Waals surface area contributed by atoms with E-state index in [4.69, 9.17) is 4.74 Å². The average molecular weight is 560 g/mol. The fourth-order valence-electron chi connectivity index (χ4n) is 5.11. The molecule has 0 N–H and O–H groups in total. The first-order valence-corrected chi connectivity index (χ1v) is 16.5. The van der Waals surface area contributed by atoms with E-state index in [0.29, 0.717) is 0 Å². The predicted octanol–water partition coefficient (Wildman–Crippen LogP) is 10.8. The Labute approximate surface area is 250 Å². The van der Waals surface area contributed by atoms with E-state index in [2.05, 4.69) is 51.9 Å². The van der Waals surface area contributed by atoms with Crippen LogP contribution in [0.25, 0.3) is 0 Å². The quantitative estimate of drug-likeness (QED) is 0.0647. The molecule has 0 saturated heterocycles. The van der Waals surface area contributed by atoms with E-state index in [9.17, 15) is 0 Å². The number of aryl methyl sites for hydroxylation is 3. The third-order valence-corrected chi connectivity index (χ3v) is 7.75. The zero-order valence-electron chi connectivity index (χ0n) is 26.0. The Morgan fingerprint density at radius 3 is 1.80 bits per heavy atom. The fraction of sp³-hybridized carbons (Fsp3) is 0.583. The minimum Gasteiger partial charge on any atom is -0.494 e. The molecular weight excluding hydrogens is 504 g/mol. The molecule has 0 aliphatic heterocycles. The lowest BCUT2D eigenvalue weighted by molar-refractivity contribution is -0.696. The van der Waals surface area contributed by atoms with Crippen molar-refractivity contribution >= 4 is 11.4 Å². The van der Waals surface area contributed by atoms with E-state index in [1.165, 1.54) is 102 Å². The molecule has 0 aliphatic carbocycles. The Morgan fingerprint density at radius 1 is 0.634 bits per heavy atom. The van der Waals surface area contributed by atoms with Gasteiger partial charge in [-0.2, -0.15) is 10.2 Å². The Bertz CT molecular complexity index is 1070. The number of hydrogen-bond donors (Lipinski definition) is 0. The monoisotopic (exact) mass is 559 g/mol. The van der Waals surface area contributed by atoms with Crippen LogP contribution in [-0.2, 0) is 13.1 Å². The molecule has 0 aliphatic rings. The molecule has 3 rings (SSSR count). The molecule has 0 unspecified atom stereocenters. The maximum absolute atomic E-state index is 5.92. The van der Waals surface area contributed by atoms with Gasteiger partial charge in [-0.3, -0.25) is 0 Å². The molecule has 1 aromatic heterocycles. The predicted molar refractivity (Wildman–Crippen MR) is 171 cm³/mol. The van der Waals surface area contributed by atoms with Crippen molar-refractivity contribution < 1.29 is 9.30 Å². The van der Waals surface area contributed by atoms with E-state index in [-0.39, 0.29) is 0 Å². The van der Waals surface area contributed by atoms with Crippen LogP contribution in [0.5, 0.6) is 5.75 Å². The van der Waals surface area contributed by atoms with Crippen LogP contribution in [-0.4, -0.2) is 11.2 Å². The van der Waals surface area contributed by atoms with Crippen LogP contribution >= 0.6 is 0 Å². The van der Waals surface area contributed by atoms with Gasteiger partial charge in [0.1, 0.15) is 18.1 Å². The first-order chi connectivity index (χ1) is 20.2. The van der Waals surface area contributed by atoms with Gasteiger partial charge in [0.25, 0.3) is 0 Å². The zero-order valence-corrected chi connectivity index (χ0v) is 26.0. The van der Waals surface area contributed by atoms with Crippen molar-refractivity contribution in [1.82, 2.24) is 4.57 Å². The van der Waals surface area contributed by atoms with Gasteiger partial charge in [-0.1, -0.05) is 88.8 Å². The van der Waals surface area contributed by atoms with Gasteiger partial charge in [0.05, 0.1) is 31.1 Å². The second-order valence-electron chi connectivity index (χ2n) is 11.6. The third-order valence-electron chi connectivity index (χ3n) is 7.75. The number of unbranched alkanes of at least 4 members (excludes halogenated alkanes) is 14. The molecule has 0 spiro atoms. The molecule has 5 nitrogen and oxygen atoms in total. The lowest BCUT2D eigenvalue weighted by Gasteiger charge is -2.06. The topological polar surface area (TPSA) is 42.8 Å². The molecule has 224 valence electrons. The van der Waals surface area contributed by atoms with Crippen LogP contribution in [0.2, 0.25) is 0 Å². The molecule has 2 aromatic carbocycles. The average Bonchev–Trinajstić information content (AvgIpc) is 3.45. The lowest BCUT2D eigenvalue weighted by Crippen LogP contribution is -2.30. The Kier molecular flexibility index (Phi) is 16.6. The van der Waals surface area contributed by atoms with E-state index in [1.807, 2.05) is 48.5 Å². The van der Waals surface area contributed by atoms with Crippen molar-refractivity contribution in [1.29, 1.82) is 0 Å². The molecule has 0 atom stereocenters. The van der Waals surface area contributed by atoms with Gasteiger partial charge in [-0.15, -0.1) is 0 Å². The highest BCUT2D eigenvalue weighted by Gasteiger charge is 2.04. The van der Waals surface area contributed by atoms with Gasteiger partial charge in [-0.05, 0) is 81.8 Å². The molecule has 41 heavy (non-hydrogen) atoms. The maximum atomic E-state index is 5.92. The third kappa shape index (κ3) is 15.0. The molecule has 0 fully saturated rings. The molecule has 0 radical (unpaired) electrons. The van der Waals surface area contributed by atoms with Crippen LogP contribution in [0, 0.1) is 6.92 Å². The van der Waals surface area contributed by atoms with Gasteiger partial charge in [0, 0.05) is 0 Å². The van der Waals surface area contributed by atoms with Crippen LogP contribution < -0.4 is 9.30 Å². The Morgan fingerprint density at radius 2 is 1.17 bits per heavy atom. The number of aromatic nitrogens is 2. The number of hydrogen-bond acceptors (Lipinski definition) is 3. The highest BCUT2D eigenvalue weighted by atomic mass is 16.5. The van der Waals surface area contributed by atoms with Crippen LogP contribution in [0.3, 0.4) is 0 Å². The molecule has 3 aromatic rings. The summed E-state index contributed by atoms with van der Waals surface area (Å²) in [7, 11) is 0. The summed E-state index contributed by atoms with van der Waals surface area (Å²) in [6, 6.07) is 15.9. The summed E-state index contributed by atoms with van der Waals surface area (Å²) in [6.07, 6.45) is 28.4. The highest BCUT2D eigenvalue weighted by Crippen LogP contribution is 2.22. The molecule has 0 amide bonds. The minimum absolute atomic E-state index is 0.757. The first kappa shape index (κ1) is 32.6. The van der Waals surface area contributed by atoms with Gasteiger partial charge < -0.3 is 4.74 Å². The number of benzene rings is 2. The number of ether oxygens (including phenoxy) is 1. The van der Waals surface area contributed by atoms with Crippen molar-refractivity contribution in [2.75, 3.05) is 6.61 Å². The van der Waals surface area contributed by atoms with Gasteiger partial charge in [0.2, 0.25) is 6.33 Å². The molecule has 5 heteroatoms. The summed E-state index contributed by atoms with van der Waals surface area (Å²) in [6.45, 7) is 7.37. The normalized spacial score (nSPS) is 11.5. The maximum Gasteiger partial charge on any atom is 0.243 e. The number of nitrogens with zero attached hydrogens (tertiary/aromatic N) is 4. The second kappa shape index (κ2) is 20.9. The Balaban J connectivity index is 1.14. The highest BCUT2D eigenvalue weighted by molar-refractivity contribution is 5.43. The Hall–Kier alpha value is -2.95. The number of imidazole rings is 1. The number of rotatable bonds is 23. The van der Waals surface area contributed by atoms with E-state index < -0.39 is 0 Å². The standard InChI is InChI=1S/C36H55N4O/c1-3-4-5-6-7-8-9-10-11-12-13-16-27-39-29-30-40(32-39)28-17-14-15-18-31-41-36-25-23-35(24-26-36)38-37-34-21-19-33(2)20-22-34/h19-26,29-30,32H,3-18,27-28,31H2,1-2H3/q+1. The van der Waals surface area contributed by atoms with Gasteiger partial charge in [-0.25, -0.2) is 9.13 Å². The van der Waals surface area contributed by atoms with Gasteiger partial charge in [0.15, 0.2) is 0 Å². The second-order valence-corrected chi connectivity index (χ2v) is 11.6. The van der Waals surface area contributed by atoms with Crippen molar-refractivity contribution in [3.8, 4) is 5.75 Å². The summed E-state index contributed by atoms with van der Waals surface area (Å²) < 4.78 is 10.6. The van der Waals surface area contributed by atoms with E-state index >= 15 is 0 Å². The first-order valence-electron chi connectivity index (χ1n) is 16.5. The van der Waals surface area contributed by atoms with Crippen LogP contribution in [0.4, 0.5) is 11.4 Å². The summed E-state index contributed by atoms with van der Waals surface area (Å²) in [5.74, 6) is 0.893. The van der Waals surface area contributed by atoms with Crippen molar-refractivity contribution in [2.45, 2.75) is 130 Å². The van der Waals surface area contributed by atoms with Gasteiger partial charge >= 0.3 is 0 Å². The van der Waals surface area contributed by atoms with Crippen molar-refractivity contribution in [3.05, 3.63) is 72.8 Å². The summed E-state index contributed by atoms with van der Waals surface area (Å²) in [4.78, 5) is 0. The minimum atomic E-state index is 0.757. The summed E-state index contributed by atoms with van der Waals surface area (Å²) >= 11 is 0. The molecular formula is C36H55N4O+. The van der Waals surface area contributed by atoms with E-state index in [0.717, 1.165) is 43.2 Å². The molecule has 1 heterocycles. The smallest absolute Gasteiger partial charge is 0.243 e. The zero-order chi connectivity index (χ0) is 28.8. The fourth-order valence-corrected chi connectivity index (χ4v) is 5.11. The summed E-state index contributed by atoms with van der Waals surface area (Å²) in [5, 5.41) is 8.60. The molecule has 0 bridgehead atoms. The summed E-state index contributed by atoms with van der Waals surface area (Å²) in [5.41, 5.74) is 2.92. The van der Waals surface area contributed by atoms with Crippen molar-refractivity contribution in [3.63, 3.8) is 0 Å². The van der Waals surface area contributed by atoms with E-state index in [1.54, 1.807) is 0 Å². The molecule has 0 saturated carbocycles. The SMILES string of the molecule is CCCCCCCCCCCCCC[n+]1ccn(CCCCCCOc2ccc(N=Nc3ccc(C)cc3)cc2)c1. The lowest BCUT2D eigenvalue weighted by atomic mass is 10.1. The number of azo groups is 1. The van der Waals surface area contributed by atoms with Crippen LogP contribution in [0.1, 0.15) is 115 Å². The van der Waals surface area contributed by atoms with Crippen molar-refractivity contribution in [2.24, 2.45) is 10.2 Å².